The van der Waals surface area contributed by atoms with Crippen LogP contribution in [0.25, 0.3) is 0 Å². The Morgan fingerprint density at radius 1 is 1.11 bits per heavy atom. The smallest absolute Gasteiger partial charge is 0.229 e. The summed E-state index contributed by atoms with van der Waals surface area (Å²) in [6, 6.07) is 16.5. The summed E-state index contributed by atoms with van der Waals surface area (Å²) >= 11 is 0. The Labute approximate surface area is 225 Å². The molecule has 1 aromatic heterocycles. The lowest BCUT2D eigenvalue weighted by molar-refractivity contribution is 0.156. The summed E-state index contributed by atoms with van der Waals surface area (Å²) in [5, 5.41) is 14.8. The van der Waals surface area contributed by atoms with Crippen LogP contribution in [0.2, 0.25) is 0 Å². The van der Waals surface area contributed by atoms with E-state index in [2.05, 4.69) is 47.3 Å². The zero-order valence-electron chi connectivity index (χ0n) is 22.3. The number of piperidine rings is 1. The quantitative estimate of drug-likeness (QED) is 0.358. The molecule has 0 amide bonds. The Hall–Kier alpha value is -3.67. The van der Waals surface area contributed by atoms with Crippen molar-refractivity contribution in [2.75, 3.05) is 43.2 Å². The summed E-state index contributed by atoms with van der Waals surface area (Å²) < 4.78 is 6.19. The van der Waals surface area contributed by atoms with Gasteiger partial charge in [0, 0.05) is 18.7 Å². The Bertz CT molecular complexity index is 1250. The van der Waals surface area contributed by atoms with Gasteiger partial charge >= 0.3 is 0 Å². The van der Waals surface area contributed by atoms with Crippen molar-refractivity contribution in [1.82, 2.24) is 14.9 Å². The molecular weight excluding hydrogens is 476 g/mol. The van der Waals surface area contributed by atoms with Crippen molar-refractivity contribution >= 4 is 17.5 Å². The SMILES string of the molecule is Cc1cc(Nc2ncc(C#N)c(N3OCCC3c3ccccc3)n2)cc(C)c1OCCCN1CCCCC1. The number of hydrogen-bond donors (Lipinski definition) is 1. The maximum Gasteiger partial charge on any atom is 0.229 e. The fourth-order valence-electron chi connectivity index (χ4n) is 5.36. The third-order valence-corrected chi connectivity index (χ3v) is 7.22. The molecule has 1 atom stereocenters. The van der Waals surface area contributed by atoms with E-state index >= 15 is 0 Å². The van der Waals surface area contributed by atoms with E-state index in [-0.39, 0.29) is 6.04 Å². The highest BCUT2D eigenvalue weighted by Gasteiger charge is 2.31. The Kier molecular flexibility index (Phi) is 8.37. The third kappa shape index (κ3) is 6.07. The molecule has 2 aromatic carbocycles. The van der Waals surface area contributed by atoms with E-state index in [0.29, 0.717) is 30.5 Å². The van der Waals surface area contributed by atoms with Crippen LogP contribution >= 0.6 is 0 Å². The van der Waals surface area contributed by atoms with Crippen LogP contribution in [0.1, 0.15) is 60.4 Å². The summed E-state index contributed by atoms with van der Waals surface area (Å²) in [6.45, 7) is 8.93. The minimum atomic E-state index is -0.0121. The molecule has 2 aliphatic heterocycles. The summed E-state index contributed by atoms with van der Waals surface area (Å²) in [6.07, 6.45) is 7.39. The minimum Gasteiger partial charge on any atom is -0.493 e. The Balaban J connectivity index is 1.27. The predicted octanol–water partition coefficient (Wildman–Crippen LogP) is 5.85. The predicted molar refractivity (Wildman–Crippen MR) is 149 cm³/mol. The molecule has 0 saturated carbocycles. The van der Waals surface area contributed by atoms with E-state index in [1.165, 1.54) is 32.4 Å². The Morgan fingerprint density at radius 3 is 2.61 bits per heavy atom. The number of nitrogens with one attached hydrogen (secondary N) is 1. The molecule has 8 nitrogen and oxygen atoms in total. The van der Waals surface area contributed by atoms with E-state index in [9.17, 15) is 5.26 Å². The molecule has 3 aromatic rings. The van der Waals surface area contributed by atoms with Crippen LogP contribution in [0.15, 0.2) is 48.7 Å². The first-order valence-corrected chi connectivity index (χ1v) is 13.6. The number of hydrogen-bond acceptors (Lipinski definition) is 8. The molecule has 0 bridgehead atoms. The van der Waals surface area contributed by atoms with Gasteiger partial charge in [0.2, 0.25) is 5.95 Å². The van der Waals surface area contributed by atoms with Gasteiger partial charge in [0.05, 0.1) is 25.5 Å². The largest absolute Gasteiger partial charge is 0.493 e. The van der Waals surface area contributed by atoms with E-state index in [1.54, 1.807) is 11.3 Å². The molecule has 3 heterocycles. The summed E-state index contributed by atoms with van der Waals surface area (Å²) in [5.74, 6) is 1.82. The van der Waals surface area contributed by atoms with E-state index in [4.69, 9.17) is 14.6 Å². The lowest BCUT2D eigenvalue weighted by Gasteiger charge is -2.26. The lowest BCUT2D eigenvalue weighted by atomic mass is 10.0. The molecule has 1 N–H and O–H groups in total. The molecule has 2 fully saturated rings. The number of ether oxygens (including phenoxy) is 1. The minimum absolute atomic E-state index is 0.0121. The fourth-order valence-corrected chi connectivity index (χ4v) is 5.36. The number of likely N-dealkylation sites (tertiary alicyclic amines) is 1. The van der Waals surface area contributed by atoms with Gasteiger partial charge in [-0.1, -0.05) is 36.8 Å². The second kappa shape index (κ2) is 12.2. The molecule has 0 radical (unpaired) electrons. The van der Waals surface area contributed by atoms with E-state index in [1.807, 2.05) is 30.3 Å². The number of aryl methyl sites for hydroxylation is 2. The molecule has 8 heteroatoms. The second-order valence-corrected chi connectivity index (χ2v) is 10.1. The Morgan fingerprint density at radius 2 is 1.87 bits per heavy atom. The van der Waals surface area contributed by atoms with Gasteiger partial charge in [-0.3, -0.25) is 4.84 Å². The average molecular weight is 513 g/mol. The first-order chi connectivity index (χ1) is 18.6. The van der Waals surface area contributed by atoms with Crippen molar-refractivity contribution in [3.05, 3.63) is 70.9 Å². The number of nitriles is 1. The van der Waals surface area contributed by atoms with Crippen LogP contribution in [0.5, 0.6) is 5.75 Å². The number of rotatable bonds is 9. The number of hydroxylamine groups is 1. The molecule has 0 spiro atoms. The zero-order chi connectivity index (χ0) is 26.3. The zero-order valence-corrected chi connectivity index (χ0v) is 22.3. The number of aromatic nitrogens is 2. The molecule has 2 saturated heterocycles. The number of anilines is 3. The highest BCUT2D eigenvalue weighted by atomic mass is 16.7. The molecule has 5 rings (SSSR count). The second-order valence-electron chi connectivity index (χ2n) is 10.1. The maximum absolute atomic E-state index is 9.73. The standard InChI is InChI=1S/C30H36N6O2/c1-22-18-26(19-23(2)28(22)37-16-9-15-35-13-7-4-8-14-35)33-30-32-21-25(20-31)29(34-30)36-27(12-17-38-36)24-10-5-3-6-11-24/h3,5-6,10-11,18-19,21,27H,4,7-9,12-17H2,1-2H3,(H,32,33,34). The summed E-state index contributed by atoms with van der Waals surface area (Å²) in [7, 11) is 0. The summed E-state index contributed by atoms with van der Waals surface area (Å²) in [4.78, 5) is 17.6. The third-order valence-electron chi connectivity index (χ3n) is 7.22. The van der Waals surface area contributed by atoms with Gasteiger partial charge in [-0.2, -0.15) is 10.2 Å². The van der Waals surface area contributed by atoms with Crippen LogP contribution in [0, 0.1) is 25.2 Å². The molecule has 0 aliphatic carbocycles. The first-order valence-electron chi connectivity index (χ1n) is 13.6. The van der Waals surface area contributed by atoms with Crippen LogP contribution < -0.4 is 15.1 Å². The molecule has 198 valence electrons. The van der Waals surface area contributed by atoms with Gasteiger partial charge in [0.1, 0.15) is 17.4 Å². The number of nitrogens with zero attached hydrogens (tertiary/aromatic N) is 5. The highest BCUT2D eigenvalue weighted by molar-refractivity contribution is 5.62. The van der Waals surface area contributed by atoms with Crippen molar-refractivity contribution in [3.63, 3.8) is 0 Å². The van der Waals surface area contributed by atoms with Crippen LogP contribution in [0.3, 0.4) is 0 Å². The molecule has 1 unspecified atom stereocenters. The van der Waals surface area contributed by atoms with Gasteiger partial charge < -0.3 is 15.0 Å². The van der Waals surface area contributed by atoms with Gasteiger partial charge in [0.25, 0.3) is 0 Å². The summed E-state index contributed by atoms with van der Waals surface area (Å²) in [5.41, 5.74) is 4.50. The van der Waals surface area contributed by atoms with Crippen molar-refractivity contribution < 1.29 is 9.57 Å². The maximum atomic E-state index is 9.73. The van der Waals surface area contributed by atoms with Crippen LogP contribution in [-0.2, 0) is 4.84 Å². The van der Waals surface area contributed by atoms with Crippen molar-refractivity contribution in [2.24, 2.45) is 0 Å². The van der Waals surface area contributed by atoms with Crippen molar-refractivity contribution in [1.29, 1.82) is 5.26 Å². The van der Waals surface area contributed by atoms with Crippen LogP contribution in [-0.4, -0.2) is 47.7 Å². The number of benzene rings is 2. The molecule has 38 heavy (non-hydrogen) atoms. The monoisotopic (exact) mass is 512 g/mol. The van der Waals surface area contributed by atoms with Gasteiger partial charge in [-0.15, -0.1) is 0 Å². The average Bonchev–Trinajstić information content (AvgIpc) is 3.43. The van der Waals surface area contributed by atoms with E-state index < -0.39 is 0 Å². The van der Waals surface area contributed by atoms with Crippen molar-refractivity contribution in [3.8, 4) is 11.8 Å². The lowest BCUT2D eigenvalue weighted by Crippen LogP contribution is -2.31. The van der Waals surface area contributed by atoms with Gasteiger partial charge in [-0.25, -0.2) is 10.0 Å². The van der Waals surface area contributed by atoms with Gasteiger partial charge in [0.15, 0.2) is 5.82 Å². The topological polar surface area (TPSA) is 86.5 Å². The molecular formula is C30H36N6O2. The normalized spacial score (nSPS) is 17.8. The van der Waals surface area contributed by atoms with Crippen molar-refractivity contribution in [2.45, 2.75) is 52.0 Å². The molecule has 2 aliphatic rings. The van der Waals surface area contributed by atoms with Gasteiger partial charge in [-0.05, 0) is 75.0 Å². The highest BCUT2D eigenvalue weighted by Crippen LogP contribution is 2.36. The van der Waals surface area contributed by atoms with E-state index in [0.717, 1.165) is 47.5 Å². The van der Waals surface area contributed by atoms with Crippen LogP contribution in [0.4, 0.5) is 17.5 Å². The first kappa shape index (κ1) is 26.0. The fraction of sp³-hybridized carbons (Fsp3) is 0.433.